The molecule has 0 fully saturated rings. The Labute approximate surface area is 225 Å². The number of guanidine groups is 1. The van der Waals surface area contributed by atoms with Gasteiger partial charge in [-0.2, -0.15) is 0 Å². The molecule has 0 aromatic heterocycles. The normalized spacial score (nSPS) is 16.1. The minimum atomic E-state index is -0.499. The molecule has 2 aromatic carbocycles. The van der Waals surface area contributed by atoms with Crippen LogP contribution in [0, 0.1) is 0 Å². The van der Waals surface area contributed by atoms with Crippen molar-refractivity contribution in [1.82, 2.24) is 16.1 Å². The van der Waals surface area contributed by atoms with Crippen molar-refractivity contribution in [2.45, 2.75) is 26.3 Å². The van der Waals surface area contributed by atoms with Crippen molar-refractivity contribution in [2.24, 2.45) is 10.7 Å². The minimum absolute atomic E-state index is 0.0917. The van der Waals surface area contributed by atoms with Crippen LogP contribution < -0.4 is 31.9 Å². The van der Waals surface area contributed by atoms with Gasteiger partial charge in [0, 0.05) is 11.6 Å². The average molecular weight is 549 g/mol. The molecule has 6 N–H and O–H groups in total. The number of rotatable bonds is 3. The number of benzene rings is 2. The van der Waals surface area contributed by atoms with Gasteiger partial charge < -0.3 is 21.1 Å². The summed E-state index contributed by atoms with van der Waals surface area (Å²) in [5.41, 5.74) is 10.8. The van der Waals surface area contributed by atoms with E-state index in [2.05, 4.69) is 26.4 Å². The van der Waals surface area contributed by atoms with E-state index in [9.17, 15) is 9.59 Å². The zero-order valence-electron chi connectivity index (χ0n) is 20.4. The molecule has 2 amide bonds. The Kier molecular flexibility index (Phi) is 11.0. The van der Waals surface area contributed by atoms with Gasteiger partial charge in [0.15, 0.2) is 5.96 Å². The van der Waals surface area contributed by atoms with Crippen LogP contribution in [0.1, 0.15) is 30.9 Å². The summed E-state index contributed by atoms with van der Waals surface area (Å²) in [6, 6.07) is 10.5. The Hall–Kier alpha value is -3.31. The van der Waals surface area contributed by atoms with Crippen LogP contribution in [0.15, 0.2) is 47.5 Å². The molecule has 12 heteroatoms. The Balaban J connectivity index is 1.82. The van der Waals surface area contributed by atoms with Gasteiger partial charge in [-0.15, -0.1) is 0 Å². The predicted molar refractivity (Wildman–Crippen MR) is 145 cm³/mol. The number of nitrogens with two attached hydrogens (primary N) is 1. The molecule has 4 heterocycles. The number of ether oxygens (including phenoxy) is 1. The number of nitrogens with zero attached hydrogens (tertiary/aromatic N) is 1. The highest BCUT2D eigenvalue weighted by Gasteiger charge is 2.12. The maximum Gasteiger partial charge on any atom is 0.252 e. The maximum absolute atomic E-state index is 12.6. The Morgan fingerprint density at radius 1 is 1.11 bits per heavy atom. The summed E-state index contributed by atoms with van der Waals surface area (Å²) in [5, 5.41) is 8.86. The second kappa shape index (κ2) is 14.4. The minimum Gasteiger partial charge on any atom is -0.494 e. The molecule has 0 radical (unpaired) electrons. The summed E-state index contributed by atoms with van der Waals surface area (Å²) < 4.78 is 5.79. The molecule has 0 aliphatic carbocycles. The zero-order chi connectivity index (χ0) is 26.6. The lowest BCUT2D eigenvalue weighted by molar-refractivity contribution is -0.116. The first-order chi connectivity index (χ1) is 17.9. The third-order valence-corrected chi connectivity index (χ3v) is 5.72. The van der Waals surface area contributed by atoms with E-state index < -0.39 is 5.91 Å². The van der Waals surface area contributed by atoms with Gasteiger partial charge in [0.25, 0.3) is 5.91 Å². The van der Waals surface area contributed by atoms with Crippen LogP contribution >= 0.6 is 23.2 Å². The van der Waals surface area contributed by atoms with E-state index in [1.165, 1.54) is 6.08 Å². The number of halogens is 2. The van der Waals surface area contributed by atoms with E-state index in [1.807, 2.05) is 31.2 Å². The third-order valence-electron chi connectivity index (χ3n) is 5.12. The van der Waals surface area contributed by atoms with Crippen molar-refractivity contribution in [3.63, 3.8) is 0 Å². The van der Waals surface area contributed by atoms with Gasteiger partial charge in [0.1, 0.15) is 5.75 Å². The molecular formula is C25H30Cl2N6O4. The highest BCUT2D eigenvalue weighted by Crippen LogP contribution is 2.32. The molecule has 0 unspecified atom stereocenters. The Bertz CT molecular complexity index is 1130. The first-order valence-corrected chi connectivity index (χ1v) is 12.5. The number of anilines is 1. The molecule has 2 aromatic rings. The number of aliphatic imine (C=N–C) groups is 1. The van der Waals surface area contributed by atoms with E-state index in [0.29, 0.717) is 48.0 Å². The standard InChI is InChI=1S/C25H30Cl2N6O4/c1-2-37-33-21-13-22(34)32-25(28)30-14-16-11-19(26)24(20(27)12-16)31-23(35)15-29-9-3-4-10-36-18-7-5-17(21)6-8-18/h5-8,11-13,29,33H,2-4,9-10,14-15H2,1H3,(H,31,35)(H3,28,30,32,34). The molecule has 0 saturated carbocycles. The van der Waals surface area contributed by atoms with Crippen molar-refractivity contribution in [3.05, 3.63) is 63.6 Å². The monoisotopic (exact) mass is 548 g/mol. The lowest BCUT2D eigenvalue weighted by Gasteiger charge is -2.13. The van der Waals surface area contributed by atoms with Crippen LogP contribution in [-0.2, 0) is 21.0 Å². The molecule has 0 saturated heterocycles. The van der Waals surface area contributed by atoms with Crippen molar-refractivity contribution < 1.29 is 19.2 Å². The summed E-state index contributed by atoms with van der Waals surface area (Å²) in [5.74, 6) is -0.160. The van der Waals surface area contributed by atoms with Crippen LogP contribution in [-0.4, -0.2) is 44.1 Å². The van der Waals surface area contributed by atoms with E-state index in [-0.39, 0.29) is 35.0 Å². The number of hydrogen-bond acceptors (Lipinski definition) is 8. The van der Waals surface area contributed by atoms with E-state index >= 15 is 0 Å². The first-order valence-electron chi connectivity index (χ1n) is 11.8. The molecule has 10 nitrogen and oxygen atoms in total. The molecule has 0 spiro atoms. The fraction of sp³-hybridized carbons (Fsp3) is 0.320. The topological polar surface area (TPSA) is 139 Å². The SMILES string of the molecule is CCONC1=CC(=O)NC(N)=NCc2cc(Cl)c(c(Cl)c2)NC(=O)CNCCCCOc2ccc1cc2. The van der Waals surface area contributed by atoms with Crippen molar-refractivity contribution in [2.75, 3.05) is 31.6 Å². The van der Waals surface area contributed by atoms with E-state index in [4.69, 9.17) is 38.5 Å². The predicted octanol–water partition coefficient (Wildman–Crippen LogP) is 3.21. The van der Waals surface area contributed by atoms with Crippen LogP contribution in [0.4, 0.5) is 5.69 Å². The summed E-state index contributed by atoms with van der Waals surface area (Å²) in [7, 11) is 0. The molecule has 198 valence electrons. The fourth-order valence-corrected chi connectivity index (χ4v) is 3.95. The number of carbonyl (C=O) groups excluding carboxylic acids is 2. The Morgan fingerprint density at radius 3 is 2.54 bits per heavy atom. The average Bonchev–Trinajstić information content (AvgIpc) is 2.86. The first kappa shape index (κ1) is 28.3. The van der Waals surface area contributed by atoms with Gasteiger partial charge >= 0.3 is 0 Å². The van der Waals surface area contributed by atoms with Crippen LogP contribution in [0.3, 0.4) is 0 Å². The van der Waals surface area contributed by atoms with Gasteiger partial charge in [-0.1, -0.05) is 23.2 Å². The maximum atomic E-state index is 12.6. The lowest BCUT2D eigenvalue weighted by Crippen LogP contribution is -2.36. The van der Waals surface area contributed by atoms with Crippen molar-refractivity contribution >= 4 is 52.4 Å². The van der Waals surface area contributed by atoms with Crippen LogP contribution in [0.25, 0.3) is 5.70 Å². The number of hydrogen-bond donors (Lipinski definition) is 5. The Morgan fingerprint density at radius 2 is 1.84 bits per heavy atom. The second-order valence-electron chi connectivity index (χ2n) is 8.02. The largest absolute Gasteiger partial charge is 0.494 e. The van der Waals surface area contributed by atoms with Gasteiger partial charge in [-0.05, 0) is 68.3 Å². The number of amides is 2. The number of nitrogens with one attached hydrogen (secondary N) is 4. The summed E-state index contributed by atoms with van der Waals surface area (Å²) in [6.45, 7) is 3.61. The second-order valence-corrected chi connectivity index (χ2v) is 8.84. The zero-order valence-corrected chi connectivity index (χ0v) is 21.9. The quantitative estimate of drug-likeness (QED) is 0.371. The van der Waals surface area contributed by atoms with Gasteiger partial charge in [0.05, 0.1) is 47.7 Å². The van der Waals surface area contributed by atoms with Crippen molar-refractivity contribution in [1.29, 1.82) is 0 Å². The number of hydroxylamine groups is 1. The molecule has 4 bridgehead atoms. The van der Waals surface area contributed by atoms with Gasteiger partial charge in [-0.3, -0.25) is 25.2 Å². The van der Waals surface area contributed by atoms with Gasteiger partial charge in [-0.25, -0.2) is 4.99 Å². The van der Waals surface area contributed by atoms with Crippen LogP contribution in [0.5, 0.6) is 5.75 Å². The number of carbonyl (C=O) groups is 2. The molecular weight excluding hydrogens is 519 g/mol. The van der Waals surface area contributed by atoms with E-state index in [1.54, 1.807) is 12.1 Å². The molecule has 4 aliphatic heterocycles. The summed E-state index contributed by atoms with van der Waals surface area (Å²) >= 11 is 12.7. The van der Waals surface area contributed by atoms with Gasteiger partial charge in [0.2, 0.25) is 5.91 Å². The van der Waals surface area contributed by atoms with E-state index in [0.717, 1.165) is 12.8 Å². The summed E-state index contributed by atoms with van der Waals surface area (Å²) in [6.07, 6.45) is 2.95. The fourth-order valence-electron chi connectivity index (χ4n) is 3.33. The molecule has 0 atom stereocenters. The highest BCUT2D eigenvalue weighted by atomic mass is 35.5. The molecule has 37 heavy (non-hydrogen) atoms. The third kappa shape index (κ3) is 9.25. The summed E-state index contributed by atoms with van der Waals surface area (Å²) in [4.78, 5) is 34.4. The smallest absolute Gasteiger partial charge is 0.252 e. The highest BCUT2D eigenvalue weighted by molar-refractivity contribution is 6.39. The van der Waals surface area contributed by atoms with Crippen LogP contribution in [0.2, 0.25) is 10.0 Å². The molecule has 4 aliphatic rings. The molecule has 6 rings (SSSR count). The lowest BCUT2D eigenvalue weighted by atomic mass is 10.1. The van der Waals surface area contributed by atoms with Crippen molar-refractivity contribution in [3.8, 4) is 5.75 Å².